The van der Waals surface area contributed by atoms with E-state index in [0.29, 0.717) is 12.0 Å². The summed E-state index contributed by atoms with van der Waals surface area (Å²) in [7, 11) is 0. The molecule has 1 aliphatic heterocycles. The number of halogens is 2. The standard InChI is InChI=1S/C16H30F2N2/c1-3-4-5-13-8-15(19-9-16(17)18)11-20(10-13)12(2)14-6-7-14/h12-16,19H,3-11H2,1-2H3. The fraction of sp³-hybridized carbons (Fsp3) is 1.00. The maximum Gasteiger partial charge on any atom is 0.250 e. The van der Waals surface area contributed by atoms with Gasteiger partial charge in [0.05, 0.1) is 6.54 Å². The second-order valence-electron chi connectivity index (χ2n) is 6.77. The maximum absolute atomic E-state index is 12.4. The van der Waals surface area contributed by atoms with Gasteiger partial charge in [-0.1, -0.05) is 19.8 Å². The summed E-state index contributed by atoms with van der Waals surface area (Å²) in [5.41, 5.74) is 0. The van der Waals surface area contributed by atoms with E-state index in [0.717, 1.165) is 18.9 Å². The first-order valence-electron chi connectivity index (χ1n) is 8.35. The zero-order chi connectivity index (χ0) is 14.5. The molecule has 2 nitrogen and oxygen atoms in total. The first-order valence-corrected chi connectivity index (χ1v) is 8.35. The molecule has 0 aromatic carbocycles. The minimum atomic E-state index is -2.24. The third-order valence-corrected chi connectivity index (χ3v) is 4.97. The van der Waals surface area contributed by atoms with Crippen molar-refractivity contribution >= 4 is 0 Å². The molecule has 2 rings (SSSR count). The number of nitrogens with zero attached hydrogens (tertiary/aromatic N) is 1. The number of nitrogens with one attached hydrogen (secondary N) is 1. The Labute approximate surface area is 122 Å². The van der Waals surface area contributed by atoms with E-state index in [-0.39, 0.29) is 12.6 Å². The van der Waals surface area contributed by atoms with Crippen molar-refractivity contribution in [3.63, 3.8) is 0 Å². The van der Waals surface area contributed by atoms with Gasteiger partial charge in [0.15, 0.2) is 0 Å². The molecule has 2 aliphatic rings. The number of alkyl halides is 2. The monoisotopic (exact) mass is 288 g/mol. The highest BCUT2D eigenvalue weighted by molar-refractivity contribution is 4.91. The number of rotatable bonds is 8. The first kappa shape index (κ1) is 16.2. The van der Waals surface area contributed by atoms with Crippen LogP contribution in [0.25, 0.3) is 0 Å². The smallest absolute Gasteiger partial charge is 0.250 e. The summed E-state index contributed by atoms with van der Waals surface area (Å²) < 4.78 is 24.8. The van der Waals surface area contributed by atoms with Gasteiger partial charge in [0.1, 0.15) is 0 Å². The highest BCUT2D eigenvalue weighted by Gasteiger charge is 2.36. The predicted octanol–water partition coefficient (Wildman–Crippen LogP) is 3.52. The van der Waals surface area contributed by atoms with Crippen LogP contribution in [-0.2, 0) is 0 Å². The number of hydrogen-bond acceptors (Lipinski definition) is 2. The minimum absolute atomic E-state index is 0.156. The summed E-state index contributed by atoms with van der Waals surface area (Å²) >= 11 is 0. The van der Waals surface area contributed by atoms with Gasteiger partial charge in [-0.05, 0) is 44.4 Å². The fourth-order valence-corrected chi connectivity index (χ4v) is 3.56. The van der Waals surface area contributed by atoms with E-state index in [1.54, 1.807) is 0 Å². The summed E-state index contributed by atoms with van der Waals surface area (Å²) in [6, 6.07) is 0.885. The average molecular weight is 288 g/mol. The Bertz CT molecular complexity index is 282. The van der Waals surface area contributed by atoms with Gasteiger partial charge in [-0.25, -0.2) is 8.78 Å². The third-order valence-electron chi connectivity index (χ3n) is 4.97. The molecule has 0 radical (unpaired) electrons. The minimum Gasteiger partial charge on any atom is -0.307 e. The second-order valence-corrected chi connectivity index (χ2v) is 6.77. The van der Waals surface area contributed by atoms with Gasteiger partial charge in [0.25, 0.3) is 6.43 Å². The number of unbranched alkanes of at least 4 members (excludes halogenated alkanes) is 1. The largest absolute Gasteiger partial charge is 0.307 e. The van der Waals surface area contributed by atoms with E-state index in [9.17, 15) is 8.78 Å². The number of likely N-dealkylation sites (tertiary alicyclic amines) is 1. The highest BCUT2D eigenvalue weighted by Crippen LogP contribution is 2.37. The van der Waals surface area contributed by atoms with Crippen molar-refractivity contribution in [3.8, 4) is 0 Å². The van der Waals surface area contributed by atoms with Crippen molar-refractivity contribution in [3.05, 3.63) is 0 Å². The summed E-state index contributed by atoms with van der Waals surface area (Å²) in [4.78, 5) is 2.56. The van der Waals surface area contributed by atoms with Crippen LogP contribution in [0.4, 0.5) is 8.78 Å². The lowest BCUT2D eigenvalue weighted by molar-refractivity contribution is 0.0776. The van der Waals surface area contributed by atoms with Crippen molar-refractivity contribution in [2.24, 2.45) is 11.8 Å². The van der Waals surface area contributed by atoms with E-state index in [1.807, 2.05) is 0 Å². The van der Waals surface area contributed by atoms with Crippen LogP contribution in [0.1, 0.15) is 52.4 Å². The van der Waals surface area contributed by atoms with Crippen LogP contribution >= 0.6 is 0 Å². The van der Waals surface area contributed by atoms with Gasteiger partial charge in [0.2, 0.25) is 0 Å². The van der Waals surface area contributed by atoms with Crippen molar-refractivity contribution in [2.45, 2.75) is 70.9 Å². The molecular formula is C16H30F2N2. The van der Waals surface area contributed by atoms with Crippen LogP contribution in [0.3, 0.4) is 0 Å². The molecule has 0 bridgehead atoms. The number of piperidine rings is 1. The molecule has 1 N–H and O–H groups in total. The Morgan fingerprint density at radius 1 is 1.25 bits per heavy atom. The van der Waals surface area contributed by atoms with E-state index >= 15 is 0 Å². The molecule has 3 unspecified atom stereocenters. The Hall–Kier alpha value is -0.220. The van der Waals surface area contributed by atoms with E-state index < -0.39 is 6.43 Å². The molecule has 1 heterocycles. The number of hydrogen-bond donors (Lipinski definition) is 1. The summed E-state index contributed by atoms with van der Waals surface area (Å²) in [6.07, 6.45) is 5.28. The van der Waals surface area contributed by atoms with Crippen LogP contribution in [-0.4, -0.2) is 43.0 Å². The first-order chi connectivity index (χ1) is 9.60. The molecule has 1 saturated heterocycles. The lowest BCUT2D eigenvalue weighted by Gasteiger charge is -2.41. The molecule has 3 atom stereocenters. The van der Waals surface area contributed by atoms with Gasteiger partial charge in [-0.3, -0.25) is 4.90 Å². The quantitative estimate of drug-likeness (QED) is 0.735. The summed E-state index contributed by atoms with van der Waals surface area (Å²) in [5, 5.41) is 3.08. The van der Waals surface area contributed by atoms with Gasteiger partial charge >= 0.3 is 0 Å². The molecule has 1 aliphatic carbocycles. The molecule has 0 spiro atoms. The summed E-state index contributed by atoms with van der Waals surface area (Å²) in [5.74, 6) is 1.54. The van der Waals surface area contributed by atoms with Crippen LogP contribution in [0.15, 0.2) is 0 Å². The van der Waals surface area contributed by atoms with Crippen molar-refractivity contribution in [2.75, 3.05) is 19.6 Å². The fourth-order valence-electron chi connectivity index (χ4n) is 3.56. The molecule has 0 amide bonds. The van der Waals surface area contributed by atoms with Crippen LogP contribution < -0.4 is 5.32 Å². The lowest BCUT2D eigenvalue weighted by atomic mass is 9.88. The van der Waals surface area contributed by atoms with Crippen LogP contribution in [0, 0.1) is 11.8 Å². The van der Waals surface area contributed by atoms with Gasteiger partial charge in [-0.2, -0.15) is 0 Å². The highest BCUT2D eigenvalue weighted by atomic mass is 19.3. The Morgan fingerprint density at radius 2 is 2.00 bits per heavy atom. The van der Waals surface area contributed by atoms with Crippen molar-refractivity contribution in [1.82, 2.24) is 10.2 Å². The summed E-state index contributed by atoms with van der Waals surface area (Å²) in [6.45, 7) is 6.51. The molecule has 1 saturated carbocycles. The lowest BCUT2D eigenvalue weighted by Crippen LogP contribution is -2.53. The van der Waals surface area contributed by atoms with E-state index in [2.05, 4.69) is 24.1 Å². The molecule has 118 valence electrons. The predicted molar refractivity (Wildman–Crippen MR) is 79.2 cm³/mol. The van der Waals surface area contributed by atoms with Crippen molar-refractivity contribution in [1.29, 1.82) is 0 Å². The van der Waals surface area contributed by atoms with E-state index in [1.165, 1.54) is 38.6 Å². The van der Waals surface area contributed by atoms with Gasteiger partial charge < -0.3 is 5.32 Å². The Kier molecular flexibility index (Phi) is 6.21. The van der Waals surface area contributed by atoms with Gasteiger partial charge in [-0.15, -0.1) is 0 Å². The Balaban J connectivity index is 1.87. The molecule has 20 heavy (non-hydrogen) atoms. The van der Waals surface area contributed by atoms with Gasteiger partial charge in [0, 0.05) is 25.2 Å². The third kappa shape index (κ3) is 4.96. The zero-order valence-electron chi connectivity index (χ0n) is 13.0. The average Bonchev–Trinajstić information content (AvgIpc) is 3.26. The Morgan fingerprint density at radius 3 is 2.60 bits per heavy atom. The van der Waals surface area contributed by atoms with Crippen LogP contribution in [0.2, 0.25) is 0 Å². The van der Waals surface area contributed by atoms with Crippen molar-refractivity contribution < 1.29 is 8.78 Å². The molecule has 0 aromatic rings. The normalized spacial score (nSPS) is 29.9. The molecular weight excluding hydrogens is 258 g/mol. The molecule has 2 fully saturated rings. The molecule has 0 aromatic heterocycles. The van der Waals surface area contributed by atoms with Crippen LogP contribution in [0.5, 0.6) is 0 Å². The van der Waals surface area contributed by atoms with E-state index in [4.69, 9.17) is 0 Å². The second kappa shape index (κ2) is 7.69. The zero-order valence-corrected chi connectivity index (χ0v) is 13.0. The topological polar surface area (TPSA) is 15.3 Å². The maximum atomic E-state index is 12.4. The SMILES string of the molecule is CCCCC1CC(NCC(F)F)CN(C(C)C2CC2)C1. The molecule has 4 heteroatoms.